The van der Waals surface area contributed by atoms with Gasteiger partial charge in [0.05, 0.1) is 5.69 Å². The predicted molar refractivity (Wildman–Crippen MR) is 116 cm³/mol. The molecule has 27 heavy (non-hydrogen) atoms. The Morgan fingerprint density at radius 1 is 1.22 bits per heavy atom. The number of nitrogens with zero attached hydrogens (tertiary/aromatic N) is 3. The van der Waals surface area contributed by atoms with Crippen molar-refractivity contribution in [3.05, 3.63) is 52.3 Å². The molecule has 0 aliphatic carbocycles. The number of halogens is 3. The van der Waals surface area contributed by atoms with Gasteiger partial charge in [-0.15, -0.1) is 24.0 Å². The molecule has 5 nitrogen and oxygen atoms in total. The summed E-state index contributed by atoms with van der Waals surface area (Å²) in [6, 6.07) is 3.73. The molecule has 0 spiro atoms. The molecule has 0 radical (unpaired) electrons. The first kappa shape index (κ1) is 23.3. The van der Waals surface area contributed by atoms with Crippen molar-refractivity contribution in [1.82, 2.24) is 20.4 Å². The van der Waals surface area contributed by atoms with Crippen LogP contribution < -0.4 is 10.6 Å². The van der Waals surface area contributed by atoms with Crippen molar-refractivity contribution in [3.8, 4) is 0 Å². The van der Waals surface area contributed by atoms with Gasteiger partial charge in [0, 0.05) is 38.4 Å². The van der Waals surface area contributed by atoms with Crippen LogP contribution in [0.4, 0.5) is 8.78 Å². The van der Waals surface area contributed by atoms with Crippen LogP contribution in [0.3, 0.4) is 0 Å². The first-order valence-electron chi connectivity index (χ1n) is 8.71. The van der Waals surface area contributed by atoms with E-state index in [1.165, 1.54) is 17.7 Å². The first-order valence-corrected chi connectivity index (χ1v) is 8.71. The summed E-state index contributed by atoms with van der Waals surface area (Å²) in [6.07, 6.45) is 1.34. The highest BCUT2D eigenvalue weighted by Crippen LogP contribution is 2.14. The molecule has 0 aliphatic heterocycles. The summed E-state index contributed by atoms with van der Waals surface area (Å²) in [4.78, 5) is 4.21. The number of benzene rings is 1. The van der Waals surface area contributed by atoms with Crippen LogP contribution >= 0.6 is 24.0 Å². The van der Waals surface area contributed by atoms with Crippen LogP contribution in [0.1, 0.15) is 29.4 Å². The summed E-state index contributed by atoms with van der Waals surface area (Å²) in [5.41, 5.74) is 4.04. The zero-order chi connectivity index (χ0) is 19.3. The van der Waals surface area contributed by atoms with E-state index in [0.717, 1.165) is 23.9 Å². The second kappa shape index (κ2) is 10.6. The fourth-order valence-electron chi connectivity index (χ4n) is 2.98. The third-order valence-electron chi connectivity index (χ3n) is 4.40. The van der Waals surface area contributed by atoms with E-state index in [2.05, 4.69) is 34.6 Å². The summed E-state index contributed by atoms with van der Waals surface area (Å²) in [7, 11) is 3.64. The predicted octanol–water partition coefficient (Wildman–Crippen LogP) is 3.27. The molecule has 0 saturated carbocycles. The van der Waals surface area contributed by atoms with E-state index < -0.39 is 11.6 Å². The Morgan fingerprint density at radius 3 is 2.37 bits per heavy atom. The first-order chi connectivity index (χ1) is 12.3. The molecule has 2 aromatic rings. The van der Waals surface area contributed by atoms with Crippen LogP contribution in [0.25, 0.3) is 0 Å². The molecule has 1 heterocycles. The maximum atomic E-state index is 13.2. The Balaban J connectivity index is 0.00000364. The van der Waals surface area contributed by atoms with Crippen molar-refractivity contribution in [3.63, 3.8) is 0 Å². The van der Waals surface area contributed by atoms with Gasteiger partial charge in [0.25, 0.3) is 0 Å². The molecule has 0 aliphatic rings. The zero-order valence-electron chi connectivity index (χ0n) is 16.4. The van der Waals surface area contributed by atoms with E-state index in [1.54, 1.807) is 7.05 Å². The maximum Gasteiger partial charge on any atom is 0.191 e. The standard InChI is InChI=1S/C19H27F2N5.HI/c1-12(8-18-13(2)25-26(5)14(18)3)24-19(22-4)23-7-6-15-9-16(20)11-17(21)10-15;/h9-12H,6-8H2,1-5H3,(H2,22,23,24);1H. The fourth-order valence-corrected chi connectivity index (χ4v) is 2.98. The van der Waals surface area contributed by atoms with Crippen LogP contribution in [0.5, 0.6) is 0 Å². The van der Waals surface area contributed by atoms with Gasteiger partial charge in [-0.25, -0.2) is 8.78 Å². The lowest BCUT2D eigenvalue weighted by Gasteiger charge is -2.18. The monoisotopic (exact) mass is 491 g/mol. The van der Waals surface area contributed by atoms with Crippen LogP contribution in [0, 0.1) is 25.5 Å². The SMILES string of the molecule is CN=C(NCCc1cc(F)cc(F)c1)NC(C)Cc1c(C)nn(C)c1C.I. The van der Waals surface area contributed by atoms with Gasteiger partial charge in [0.2, 0.25) is 0 Å². The van der Waals surface area contributed by atoms with Gasteiger partial charge in [-0.2, -0.15) is 5.10 Å². The van der Waals surface area contributed by atoms with E-state index in [4.69, 9.17) is 0 Å². The maximum absolute atomic E-state index is 13.2. The topological polar surface area (TPSA) is 54.2 Å². The summed E-state index contributed by atoms with van der Waals surface area (Å²) in [5.74, 6) is -0.453. The Bertz CT molecular complexity index is 768. The summed E-state index contributed by atoms with van der Waals surface area (Å²) in [6.45, 7) is 6.69. The Morgan fingerprint density at radius 2 is 1.85 bits per heavy atom. The number of rotatable bonds is 6. The average molecular weight is 491 g/mol. The van der Waals surface area contributed by atoms with Crippen molar-refractivity contribution in [2.75, 3.05) is 13.6 Å². The minimum atomic E-state index is -0.557. The number of aliphatic imine (C=N–C) groups is 1. The van der Waals surface area contributed by atoms with Crippen molar-refractivity contribution >= 4 is 29.9 Å². The van der Waals surface area contributed by atoms with Crippen LogP contribution in [0.15, 0.2) is 23.2 Å². The van der Waals surface area contributed by atoms with Crippen LogP contribution in [0.2, 0.25) is 0 Å². The van der Waals surface area contributed by atoms with Gasteiger partial charge < -0.3 is 10.6 Å². The molecular formula is C19H28F2IN5. The lowest BCUT2D eigenvalue weighted by Crippen LogP contribution is -2.43. The van der Waals surface area contributed by atoms with Gasteiger partial charge in [-0.05, 0) is 56.9 Å². The third-order valence-corrected chi connectivity index (χ3v) is 4.40. The number of aromatic nitrogens is 2. The average Bonchev–Trinajstić information content (AvgIpc) is 2.79. The lowest BCUT2D eigenvalue weighted by molar-refractivity contribution is 0.579. The number of hydrogen-bond acceptors (Lipinski definition) is 2. The molecule has 2 rings (SSSR count). The van der Waals surface area contributed by atoms with Gasteiger partial charge in [0.15, 0.2) is 5.96 Å². The highest BCUT2D eigenvalue weighted by Gasteiger charge is 2.14. The quantitative estimate of drug-likeness (QED) is 0.371. The Kier molecular flexibility index (Phi) is 9.14. The molecule has 0 amide bonds. The van der Waals surface area contributed by atoms with Gasteiger partial charge in [0.1, 0.15) is 11.6 Å². The Hall–Kier alpha value is -1.71. The summed E-state index contributed by atoms with van der Waals surface area (Å²) in [5, 5.41) is 11.0. The number of nitrogens with one attached hydrogen (secondary N) is 2. The van der Waals surface area contributed by atoms with E-state index >= 15 is 0 Å². The number of hydrogen-bond donors (Lipinski definition) is 2. The minimum Gasteiger partial charge on any atom is -0.356 e. The highest BCUT2D eigenvalue weighted by atomic mass is 127. The third kappa shape index (κ3) is 6.75. The van der Waals surface area contributed by atoms with Crippen molar-refractivity contribution < 1.29 is 8.78 Å². The molecular weight excluding hydrogens is 463 g/mol. The highest BCUT2D eigenvalue weighted by molar-refractivity contribution is 14.0. The largest absolute Gasteiger partial charge is 0.356 e. The summed E-state index contributed by atoms with van der Waals surface area (Å²) < 4.78 is 28.3. The zero-order valence-corrected chi connectivity index (χ0v) is 18.8. The lowest BCUT2D eigenvalue weighted by atomic mass is 10.1. The van der Waals surface area contributed by atoms with E-state index in [0.29, 0.717) is 24.5 Å². The van der Waals surface area contributed by atoms with Crippen LogP contribution in [-0.4, -0.2) is 35.4 Å². The van der Waals surface area contributed by atoms with Gasteiger partial charge >= 0.3 is 0 Å². The minimum absolute atomic E-state index is 0. The Labute approximate surface area is 176 Å². The fraction of sp³-hybridized carbons (Fsp3) is 0.474. The van der Waals surface area contributed by atoms with E-state index in [-0.39, 0.29) is 30.0 Å². The second-order valence-electron chi connectivity index (χ2n) is 6.55. The van der Waals surface area contributed by atoms with Gasteiger partial charge in [-0.3, -0.25) is 9.67 Å². The van der Waals surface area contributed by atoms with Crippen LogP contribution in [-0.2, 0) is 19.9 Å². The van der Waals surface area contributed by atoms with Crippen molar-refractivity contribution in [1.29, 1.82) is 0 Å². The normalized spacial score (nSPS) is 12.5. The molecule has 150 valence electrons. The summed E-state index contributed by atoms with van der Waals surface area (Å²) >= 11 is 0. The second-order valence-corrected chi connectivity index (χ2v) is 6.55. The van der Waals surface area contributed by atoms with Crippen molar-refractivity contribution in [2.45, 2.75) is 39.7 Å². The molecule has 1 unspecified atom stereocenters. The smallest absolute Gasteiger partial charge is 0.191 e. The molecule has 8 heteroatoms. The molecule has 1 aromatic carbocycles. The molecule has 1 atom stereocenters. The van der Waals surface area contributed by atoms with E-state index in [9.17, 15) is 8.78 Å². The number of aryl methyl sites for hydroxylation is 2. The molecule has 0 saturated heterocycles. The molecule has 0 fully saturated rings. The number of guanidine groups is 1. The van der Waals surface area contributed by atoms with E-state index in [1.807, 2.05) is 18.7 Å². The van der Waals surface area contributed by atoms with Crippen molar-refractivity contribution in [2.24, 2.45) is 12.0 Å². The molecule has 2 N–H and O–H groups in total. The van der Waals surface area contributed by atoms with Gasteiger partial charge in [-0.1, -0.05) is 0 Å². The molecule has 1 aromatic heterocycles. The molecule has 0 bridgehead atoms.